The van der Waals surface area contributed by atoms with E-state index in [0.29, 0.717) is 18.5 Å². The van der Waals surface area contributed by atoms with Crippen molar-refractivity contribution >= 4 is 22.4 Å². The first-order valence-corrected chi connectivity index (χ1v) is 9.22. The summed E-state index contributed by atoms with van der Waals surface area (Å²) in [6.45, 7) is 3.46. The number of fused-ring (bicyclic) bond motifs is 1. The van der Waals surface area contributed by atoms with Crippen LogP contribution in [0.5, 0.6) is 0 Å². The first-order valence-electron chi connectivity index (χ1n) is 9.22. The van der Waals surface area contributed by atoms with E-state index in [2.05, 4.69) is 12.1 Å². The van der Waals surface area contributed by atoms with Crippen LogP contribution in [0.4, 0.5) is 5.69 Å². The number of amides is 1. The number of benzene rings is 3. The Balaban J connectivity index is 1.66. The van der Waals surface area contributed by atoms with Crippen molar-refractivity contribution in [2.75, 3.05) is 18.1 Å². The summed E-state index contributed by atoms with van der Waals surface area (Å²) in [6, 6.07) is 22.3. The zero-order valence-corrected chi connectivity index (χ0v) is 15.4. The highest BCUT2D eigenvalue weighted by Gasteiger charge is 2.29. The minimum Gasteiger partial charge on any atom is -0.282 e. The van der Waals surface area contributed by atoms with Crippen molar-refractivity contribution in [2.45, 2.75) is 19.8 Å². The summed E-state index contributed by atoms with van der Waals surface area (Å²) in [4.78, 5) is 13.0. The third-order valence-corrected chi connectivity index (χ3v) is 5.05. The van der Waals surface area contributed by atoms with Crippen molar-refractivity contribution in [2.24, 2.45) is 0 Å². The molecule has 0 bridgehead atoms. The second kappa shape index (κ2) is 7.13. The van der Waals surface area contributed by atoms with Crippen LogP contribution in [-0.2, 0) is 11.2 Å². The molecule has 3 aromatic carbocycles. The number of carbonyl (C=O) groups is 1. The summed E-state index contributed by atoms with van der Waals surface area (Å²) in [7, 11) is 0. The zero-order chi connectivity index (χ0) is 18.8. The van der Waals surface area contributed by atoms with Gasteiger partial charge in [-0.25, -0.2) is 0 Å². The molecule has 4 nitrogen and oxygen atoms in total. The van der Waals surface area contributed by atoms with Crippen molar-refractivity contribution in [1.29, 1.82) is 5.26 Å². The van der Waals surface area contributed by atoms with Gasteiger partial charge in [0.05, 0.1) is 17.7 Å². The lowest BCUT2D eigenvalue weighted by molar-refractivity contribution is -0.130. The largest absolute Gasteiger partial charge is 0.282 e. The SMILES string of the molecule is Cc1cccc(CC(=O)N2CCCN2c2ccc3ccccc3c2C#N)c1. The molecular weight excluding hydrogens is 334 g/mol. The molecule has 1 heterocycles. The van der Waals surface area contributed by atoms with Crippen molar-refractivity contribution in [1.82, 2.24) is 5.01 Å². The van der Waals surface area contributed by atoms with Crippen LogP contribution in [0.2, 0.25) is 0 Å². The summed E-state index contributed by atoms with van der Waals surface area (Å²) in [5.74, 6) is 0.0650. The molecule has 0 unspecified atom stereocenters. The van der Waals surface area contributed by atoms with Gasteiger partial charge < -0.3 is 0 Å². The Hall–Kier alpha value is -3.32. The normalized spacial score (nSPS) is 13.8. The highest BCUT2D eigenvalue weighted by atomic mass is 16.2. The number of anilines is 1. The van der Waals surface area contributed by atoms with E-state index in [-0.39, 0.29) is 5.91 Å². The fourth-order valence-electron chi connectivity index (χ4n) is 3.80. The number of carbonyl (C=O) groups excluding carboxylic acids is 1. The van der Waals surface area contributed by atoms with E-state index in [1.54, 1.807) is 5.01 Å². The van der Waals surface area contributed by atoms with Gasteiger partial charge in [0.2, 0.25) is 5.91 Å². The molecule has 134 valence electrons. The maximum absolute atomic E-state index is 13.0. The van der Waals surface area contributed by atoms with E-state index in [1.165, 1.54) is 0 Å². The topological polar surface area (TPSA) is 47.3 Å². The Morgan fingerprint density at radius 2 is 1.93 bits per heavy atom. The second-order valence-electron chi connectivity index (χ2n) is 6.95. The lowest BCUT2D eigenvalue weighted by Gasteiger charge is -2.31. The predicted molar refractivity (Wildman–Crippen MR) is 107 cm³/mol. The maximum atomic E-state index is 13.0. The van der Waals surface area contributed by atoms with Crippen LogP contribution in [-0.4, -0.2) is 24.0 Å². The van der Waals surface area contributed by atoms with Gasteiger partial charge in [-0.15, -0.1) is 0 Å². The number of nitrogens with zero attached hydrogens (tertiary/aromatic N) is 3. The highest BCUT2D eigenvalue weighted by molar-refractivity contribution is 5.93. The second-order valence-corrected chi connectivity index (χ2v) is 6.95. The van der Waals surface area contributed by atoms with E-state index >= 15 is 0 Å². The fourth-order valence-corrected chi connectivity index (χ4v) is 3.80. The molecule has 4 rings (SSSR count). The number of hydrogen-bond acceptors (Lipinski definition) is 3. The summed E-state index contributed by atoms with van der Waals surface area (Å²) >= 11 is 0. The van der Waals surface area contributed by atoms with Crippen LogP contribution in [0.3, 0.4) is 0 Å². The van der Waals surface area contributed by atoms with Crippen LogP contribution in [0.15, 0.2) is 60.7 Å². The van der Waals surface area contributed by atoms with Crippen LogP contribution in [0, 0.1) is 18.3 Å². The predicted octanol–water partition coefficient (Wildman–Crippen LogP) is 4.22. The van der Waals surface area contributed by atoms with Crippen LogP contribution < -0.4 is 5.01 Å². The Kier molecular flexibility index (Phi) is 4.52. The summed E-state index contributed by atoms with van der Waals surface area (Å²) in [6.07, 6.45) is 1.27. The summed E-state index contributed by atoms with van der Waals surface area (Å²) in [5.41, 5.74) is 3.61. The minimum atomic E-state index is 0.0650. The average Bonchev–Trinajstić information content (AvgIpc) is 3.17. The van der Waals surface area contributed by atoms with Crippen LogP contribution >= 0.6 is 0 Å². The molecule has 0 aliphatic carbocycles. The average molecular weight is 355 g/mol. The zero-order valence-electron chi connectivity index (χ0n) is 15.4. The molecule has 0 spiro atoms. The lowest BCUT2D eigenvalue weighted by Crippen LogP contribution is -2.42. The molecule has 0 radical (unpaired) electrons. The number of aryl methyl sites for hydroxylation is 1. The van der Waals surface area contributed by atoms with Gasteiger partial charge in [-0.3, -0.25) is 14.8 Å². The van der Waals surface area contributed by atoms with Gasteiger partial charge in [-0.2, -0.15) is 5.26 Å². The van der Waals surface area contributed by atoms with Crippen LogP contribution in [0.25, 0.3) is 10.8 Å². The fraction of sp³-hybridized carbons (Fsp3) is 0.217. The van der Waals surface area contributed by atoms with Gasteiger partial charge in [0.25, 0.3) is 0 Å². The van der Waals surface area contributed by atoms with E-state index < -0.39 is 0 Å². The Bertz CT molecular complexity index is 1050. The van der Waals surface area contributed by atoms with E-state index in [0.717, 1.165) is 40.6 Å². The van der Waals surface area contributed by atoms with Gasteiger partial charge in [0.1, 0.15) is 6.07 Å². The third kappa shape index (κ3) is 3.24. The lowest BCUT2D eigenvalue weighted by atomic mass is 10.0. The molecule has 0 N–H and O–H groups in total. The molecule has 1 saturated heterocycles. The minimum absolute atomic E-state index is 0.0650. The Morgan fingerprint density at radius 3 is 2.74 bits per heavy atom. The van der Waals surface area contributed by atoms with E-state index in [4.69, 9.17) is 0 Å². The molecule has 0 atom stereocenters. The third-order valence-electron chi connectivity index (χ3n) is 5.05. The molecule has 3 aromatic rings. The smallest absolute Gasteiger partial charge is 0.245 e. The quantitative estimate of drug-likeness (QED) is 0.707. The molecule has 1 aliphatic rings. The molecule has 0 saturated carbocycles. The Morgan fingerprint density at radius 1 is 1.07 bits per heavy atom. The summed E-state index contributed by atoms with van der Waals surface area (Å²) in [5, 5.41) is 15.5. The van der Waals surface area contributed by atoms with Crippen molar-refractivity contribution in [3.8, 4) is 6.07 Å². The van der Waals surface area contributed by atoms with Crippen molar-refractivity contribution in [3.05, 3.63) is 77.4 Å². The van der Waals surface area contributed by atoms with Gasteiger partial charge in [-0.1, -0.05) is 60.2 Å². The number of rotatable bonds is 3. The molecule has 0 aromatic heterocycles. The summed E-state index contributed by atoms with van der Waals surface area (Å²) < 4.78 is 0. The van der Waals surface area contributed by atoms with Gasteiger partial charge in [0, 0.05) is 18.5 Å². The van der Waals surface area contributed by atoms with Crippen LogP contribution in [0.1, 0.15) is 23.1 Å². The molecule has 1 amide bonds. The van der Waals surface area contributed by atoms with Gasteiger partial charge in [0.15, 0.2) is 0 Å². The van der Waals surface area contributed by atoms with Crippen molar-refractivity contribution in [3.63, 3.8) is 0 Å². The molecule has 1 aliphatic heterocycles. The van der Waals surface area contributed by atoms with Crippen molar-refractivity contribution < 1.29 is 4.79 Å². The first kappa shape index (κ1) is 17.1. The van der Waals surface area contributed by atoms with E-state index in [1.807, 2.05) is 66.5 Å². The molecule has 27 heavy (non-hydrogen) atoms. The number of hydrogen-bond donors (Lipinski definition) is 0. The monoisotopic (exact) mass is 355 g/mol. The van der Waals surface area contributed by atoms with Gasteiger partial charge >= 0.3 is 0 Å². The van der Waals surface area contributed by atoms with E-state index in [9.17, 15) is 10.1 Å². The molecular formula is C23H21N3O. The van der Waals surface area contributed by atoms with Gasteiger partial charge in [-0.05, 0) is 30.4 Å². The Labute approximate surface area is 159 Å². The highest BCUT2D eigenvalue weighted by Crippen LogP contribution is 2.31. The standard InChI is InChI=1S/C23H21N3O/c1-17-6-4-7-18(14-17)15-23(27)26-13-5-12-25(26)22-11-10-19-8-2-3-9-20(19)21(22)16-24/h2-4,6-11,14H,5,12-13,15H2,1H3. The number of hydrazine groups is 1. The number of nitriles is 1. The molecule has 1 fully saturated rings. The molecule has 4 heteroatoms. The first-order chi connectivity index (χ1) is 13.2. The maximum Gasteiger partial charge on any atom is 0.245 e.